The molecule has 0 bridgehead atoms. The Labute approximate surface area is 111 Å². The third-order valence-corrected chi connectivity index (χ3v) is 10.2. The van der Waals surface area contributed by atoms with Gasteiger partial charge >= 0.3 is 0 Å². The second-order valence-corrected chi connectivity index (χ2v) is 12.7. The van der Waals surface area contributed by atoms with Crippen LogP contribution >= 0.6 is 0 Å². The van der Waals surface area contributed by atoms with Crippen LogP contribution in [0.5, 0.6) is 0 Å². The van der Waals surface area contributed by atoms with E-state index in [4.69, 9.17) is 0 Å². The van der Waals surface area contributed by atoms with E-state index in [-0.39, 0.29) is 9.52 Å². The summed E-state index contributed by atoms with van der Waals surface area (Å²) in [5, 5.41) is 0. The molecule has 1 aliphatic heterocycles. The average molecular weight is 271 g/mol. The van der Waals surface area contributed by atoms with Crippen molar-refractivity contribution in [2.24, 2.45) is 0 Å². The summed E-state index contributed by atoms with van der Waals surface area (Å²) >= 11 is 0. The van der Waals surface area contributed by atoms with Crippen molar-refractivity contribution in [3.63, 3.8) is 0 Å². The topological polar surface area (TPSA) is 6.48 Å². The molecule has 1 heterocycles. The summed E-state index contributed by atoms with van der Waals surface area (Å²) in [5.74, 6) is 0. The summed E-state index contributed by atoms with van der Waals surface area (Å²) < 4.78 is 2.82. The van der Waals surface area contributed by atoms with Gasteiger partial charge in [0.25, 0.3) is 0 Å². The van der Waals surface area contributed by atoms with Crippen molar-refractivity contribution in [3.05, 3.63) is 11.3 Å². The van der Waals surface area contributed by atoms with Crippen molar-refractivity contribution in [2.75, 3.05) is 33.2 Å². The molecule has 1 rings (SSSR count). The molecule has 0 saturated carbocycles. The highest BCUT2D eigenvalue weighted by Gasteiger charge is 2.30. The summed E-state index contributed by atoms with van der Waals surface area (Å²) in [7, 11) is 1.23. The first-order valence-corrected chi connectivity index (χ1v) is 12.0. The van der Waals surface area contributed by atoms with Crippen LogP contribution in [0.1, 0.15) is 13.8 Å². The van der Waals surface area contributed by atoms with Crippen LogP contribution in [0.25, 0.3) is 0 Å². The molecule has 0 aromatic heterocycles. The number of rotatable bonds is 5. The van der Waals surface area contributed by atoms with Gasteiger partial charge in [0.2, 0.25) is 0 Å². The van der Waals surface area contributed by atoms with Crippen molar-refractivity contribution in [1.29, 1.82) is 0 Å². The summed E-state index contributed by atoms with van der Waals surface area (Å²) in [4.78, 5) is 2.46. The fourth-order valence-electron chi connectivity index (χ4n) is 2.50. The summed E-state index contributed by atoms with van der Waals surface area (Å²) in [6.07, 6.45) is 0. The Morgan fingerprint density at radius 1 is 1.18 bits per heavy atom. The van der Waals surface area contributed by atoms with E-state index in [9.17, 15) is 0 Å². The van der Waals surface area contributed by atoms with Crippen LogP contribution in [-0.4, -0.2) is 60.4 Å². The number of likely N-dealkylation sites (N-methyl/N-ethyl adjacent to an activating group) is 1. The molecule has 0 aromatic carbocycles. The molecule has 0 spiro atoms. The molecule has 0 unspecified atom stereocenters. The maximum Gasteiger partial charge on any atom is 0.122 e. The summed E-state index contributed by atoms with van der Waals surface area (Å²) in [6.45, 7) is 14.7. The fraction of sp³-hybridized carbons (Fsp3) is 0.846. The van der Waals surface area contributed by atoms with E-state index < -0.39 is 8.24 Å². The minimum Gasteiger partial charge on any atom is -0.321 e. The highest BCUT2D eigenvalue weighted by molar-refractivity contribution is 6.75. The van der Waals surface area contributed by atoms with Gasteiger partial charge in [-0.15, -0.1) is 5.70 Å². The van der Waals surface area contributed by atoms with Gasteiger partial charge in [-0.1, -0.05) is 24.7 Å². The molecule has 0 radical (unpaired) electrons. The van der Waals surface area contributed by atoms with Gasteiger partial charge in [-0.25, -0.2) is 0 Å². The average Bonchev–Trinajstić information content (AvgIpc) is 2.25. The SMILES string of the molecule is CC(C)=C[SiH2]CC[Si](C)(C)N1CCN(C)CC1. The molecule has 0 N–H and O–H groups in total. The lowest BCUT2D eigenvalue weighted by molar-refractivity contribution is 0.216. The third-order valence-electron chi connectivity index (χ3n) is 3.90. The van der Waals surface area contributed by atoms with Crippen molar-refractivity contribution in [3.8, 4) is 0 Å². The Kier molecular flexibility index (Phi) is 6.13. The molecule has 0 atom stereocenters. The summed E-state index contributed by atoms with van der Waals surface area (Å²) in [6, 6.07) is 3.02. The largest absolute Gasteiger partial charge is 0.321 e. The van der Waals surface area contributed by atoms with Crippen molar-refractivity contribution in [1.82, 2.24) is 9.47 Å². The van der Waals surface area contributed by atoms with E-state index in [0.29, 0.717) is 0 Å². The van der Waals surface area contributed by atoms with Crippen LogP contribution < -0.4 is 0 Å². The molecule has 4 heteroatoms. The van der Waals surface area contributed by atoms with Gasteiger partial charge in [0.1, 0.15) is 8.24 Å². The van der Waals surface area contributed by atoms with Gasteiger partial charge in [-0.05, 0) is 26.9 Å². The Morgan fingerprint density at radius 2 is 1.76 bits per heavy atom. The second kappa shape index (κ2) is 6.87. The number of piperazine rings is 1. The molecule has 1 fully saturated rings. The Morgan fingerprint density at radius 3 is 2.29 bits per heavy atom. The van der Waals surface area contributed by atoms with Gasteiger partial charge in [-0.3, -0.25) is 0 Å². The summed E-state index contributed by atoms with van der Waals surface area (Å²) in [5.41, 5.74) is 4.05. The number of hydrogen-bond acceptors (Lipinski definition) is 2. The van der Waals surface area contributed by atoms with Crippen LogP contribution in [0.2, 0.25) is 25.2 Å². The van der Waals surface area contributed by atoms with E-state index in [2.05, 4.69) is 49.2 Å². The molecule has 2 nitrogen and oxygen atoms in total. The van der Waals surface area contributed by atoms with Gasteiger partial charge in [-0.2, -0.15) is 0 Å². The molecule has 0 aliphatic carbocycles. The van der Waals surface area contributed by atoms with E-state index in [0.717, 1.165) is 0 Å². The minimum atomic E-state index is -1.09. The lowest BCUT2D eigenvalue weighted by Crippen LogP contribution is -2.56. The van der Waals surface area contributed by atoms with E-state index in [1.54, 1.807) is 0 Å². The lowest BCUT2D eigenvalue weighted by atomic mass is 10.4. The quantitative estimate of drug-likeness (QED) is 0.556. The van der Waals surface area contributed by atoms with Gasteiger partial charge < -0.3 is 9.47 Å². The monoisotopic (exact) mass is 270 g/mol. The first kappa shape index (κ1) is 15.2. The normalized spacial score (nSPS) is 20.1. The molecule has 100 valence electrons. The predicted octanol–water partition coefficient (Wildman–Crippen LogP) is 1.95. The van der Waals surface area contributed by atoms with Crippen LogP contribution in [0, 0.1) is 0 Å². The van der Waals surface area contributed by atoms with Gasteiger partial charge in [0, 0.05) is 35.7 Å². The Balaban J connectivity index is 2.32. The Bertz CT molecular complexity index is 252. The zero-order valence-electron chi connectivity index (χ0n) is 12.4. The van der Waals surface area contributed by atoms with Crippen molar-refractivity contribution in [2.45, 2.75) is 39.0 Å². The standard InChI is InChI=1S/C13H30N2Si2/c1-13(2)12-16-10-11-17(4,5)15-8-6-14(3)7-9-15/h12H,6-11,16H2,1-5H3. The first-order valence-electron chi connectivity index (χ1n) is 6.99. The zero-order valence-corrected chi connectivity index (χ0v) is 14.8. The predicted molar refractivity (Wildman–Crippen MR) is 84.1 cm³/mol. The minimum absolute atomic E-state index is 0.0736. The Hall–Kier alpha value is 0.0938. The number of allylic oxidation sites excluding steroid dienone is 1. The molecular formula is C13H30N2Si2. The fourth-order valence-corrected chi connectivity index (χ4v) is 9.28. The van der Waals surface area contributed by atoms with Gasteiger partial charge in [0.05, 0.1) is 0 Å². The van der Waals surface area contributed by atoms with Crippen LogP contribution in [0.3, 0.4) is 0 Å². The van der Waals surface area contributed by atoms with E-state index in [1.807, 2.05) is 0 Å². The molecule has 0 amide bonds. The van der Waals surface area contributed by atoms with Crippen LogP contribution in [0.4, 0.5) is 0 Å². The maximum absolute atomic E-state index is 2.82. The first-order chi connectivity index (χ1) is 7.92. The smallest absolute Gasteiger partial charge is 0.122 e. The molecule has 1 aliphatic rings. The third kappa shape index (κ3) is 5.51. The highest BCUT2D eigenvalue weighted by Crippen LogP contribution is 2.19. The van der Waals surface area contributed by atoms with Gasteiger partial charge in [0.15, 0.2) is 0 Å². The highest BCUT2D eigenvalue weighted by atomic mass is 28.3. The van der Waals surface area contributed by atoms with Crippen molar-refractivity contribution >= 4 is 17.8 Å². The number of nitrogens with zero attached hydrogens (tertiary/aromatic N) is 2. The number of hydrogen-bond donors (Lipinski definition) is 0. The second-order valence-electron chi connectivity index (χ2n) is 6.28. The molecule has 0 aromatic rings. The molecular weight excluding hydrogens is 240 g/mol. The van der Waals surface area contributed by atoms with Crippen molar-refractivity contribution < 1.29 is 0 Å². The van der Waals surface area contributed by atoms with E-state index >= 15 is 0 Å². The van der Waals surface area contributed by atoms with Crippen LogP contribution in [-0.2, 0) is 0 Å². The molecule has 17 heavy (non-hydrogen) atoms. The molecule has 1 saturated heterocycles. The maximum atomic E-state index is 2.82. The van der Waals surface area contributed by atoms with E-state index in [1.165, 1.54) is 43.8 Å². The lowest BCUT2D eigenvalue weighted by Gasteiger charge is -2.42. The zero-order chi connectivity index (χ0) is 12.9. The van der Waals surface area contributed by atoms with Crippen LogP contribution in [0.15, 0.2) is 11.3 Å².